The van der Waals surface area contributed by atoms with Crippen LogP contribution < -0.4 is 10.1 Å². The summed E-state index contributed by atoms with van der Waals surface area (Å²) in [5.74, 6) is 0.190. The van der Waals surface area contributed by atoms with Gasteiger partial charge in [0, 0.05) is 35.3 Å². The number of hydrogen-bond donors (Lipinski definition) is 1. The van der Waals surface area contributed by atoms with Crippen LogP contribution in [0.5, 0.6) is 5.75 Å². The van der Waals surface area contributed by atoms with E-state index >= 15 is 4.39 Å². The lowest BCUT2D eigenvalue weighted by atomic mass is 10.1. The number of benzene rings is 1. The van der Waals surface area contributed by atoms with E-state index in [0.29, 0.717) is 28.6 Å². The first-order valence-corrected chi connectivity index (χ1v) is 14.7. The van der Waals surface area contributed by atoms with E-state index < -0.39 is 23.2 Å². The van der Waals surface area contributed by atoms with E-state index in [2.05, 4.69) is 20.5 Å². The Morgan fingerprint density at radius 1 is 1.24 bits per heavy atom. The number of carbonyl (C=O) groups excluding carboxylic acids is 1. The number of rotatable bonds is 8. The Balaban J connectivity index is 1.45. The normalized spacial score (nSPS) is 16.8. The zero-order chi connectivity index (χ0) is 30.1. The molecule has 41 heavy (non-hydrogen) atoms. The van der Waals surface area contributed by atoms with Gasteiger partial charge in [0.1, 0.15) is 27.2 Å². The monoisotopic (exact) mass is 605 g/mol. The Bertz CT molecular complexity index is 1410. The van der Waals surface area contributed by atoms with Gasteiger partial charge in [0.25, 0.3) is 0 Å². The molecule has 3 heterocycles. The summed E-state index contributed by atoms with van der Waals surface area (Å²) >= 11 is 7.86. The number of halogens is 2. The molecule has 1 N–H and O–H groups in total. The highest BCUT2D eigenvalue weighted by Gasteiger charge is 2.45. The van der Waals surface area contributed by atoms with Gasteiger partial charge >= 0.3 is 6.09 Å². The van der Waals surface area contributed by atoms with Crippen LogP contribution in [-0.4, -0.2) is 62.8 Å². The fraction of sp³-hybridized carbons (Fsp3) is 0.517. The van der Waals surface area contributed by atoms with Crippen molar-refractivity contribution in [3.8, 4) is 26.9 Å². The van der Waals surface area contributed by atoms with Gasteiger partial charge in [-0.2, -0.15) is 0 Å². The molecule has 0 saturated carbocycles. The maximum Gasteiger partial charge on any atom is 0.412 e. The van der Waals surface area contributed by atoms with Crippen LogP contribution in [0.1, 0.15) is 60.6 Å². The van der Waals surface area contributed by atoms with Crippen molar-refractivity contribution in [3.63, 3.8) is 0 Å². The summed E-state index contributed by atoms with van der Waals surface area (Å²) in [7, 11) is 0. The van der Waals surface area contributed by atoms with Gasteiger partial charge in [-0.15, -0.1) is 10.2 Å². The number of carbonyl (C=O) groups is 1. The summed E-state index contributed by atoms with van der Waals surface area (Å²) in [6.45, 7) is 15.5. The van der Waals surface area contributed by atoms with E-state index in [1.165, 1.54) is 23.5 Å². The molecule has 1 saturated heterocycles. The number of nitrogens with zero attached hydrogens (tertiary/aromatic N) is 4. The van der Waals surface area contributed by atoms with E-state index in [1.54, 1.807) is 4.90 Å². The smallest absolute Gasteiger partial charge is 0.412 e. The van der Waals surface area contributed by atoms with Gasteiger partial charge in [0.05, 0.1) is 24.3 Å². The van der Waals surface area contributed by atoms with Crippen molar-refractivity contribution in [3.05, 3.63) is 40.8 Å². The fourth-order valence-corrected chi connectivity index (χ4v) is 5.65. The summed E-state index contributed by atoms with van der Waals surface area (Å²) in [5, 5.41) is 13.3. The topological polar surface area (TPSA) is 98.7 Å². The molecule has 2 aromatic heterocycles. The van der Waals surface area contributed by atoms with Crippen LogP contribution in [0.4, 0.5) is 15.0 Å². The SMILES string of the molecule is Cc1cc(-c2nnc(-c3cc(F)c(OCC[C@@H]4COC(C)(C)N4C(=O)OC(C)(C)C)cc3Cl)s2)cc(NC(C)C)n1. The van der Waals surface area contributed by atoms with Crippen LogP contribution in [0.2, 0.25) is 5.02 Å². The third-order valence-corrected chi connectivity index (χ3v) is 7.51. The summed E-state index contributed by atoms with van der Waals surface area (Å²) < 4.78 is 32.3. The molecule has 1 aliphatic rings. The van der Waals surface area contributed by atoms with Crippen molar-refractivity contribution in [2.24, 2.45) is 0 Å². The number of ether oxygens (including phenoxy) is 3. The maximum atomic E-state index is 15.1. The molecule has 1 atom stereocenters. The van der Waals surface area contributed by atoms with Crippen LogP contribution >= 0.6 is 22.9 Å². The third kappa shape index (κ3) is 7.64. The number of anilines is 1. The molecule has 4 rings (SSSR count). The number of pyridine rings is 1. The lowest BCUT2D eigenvalue weighted by molar-refractivity contribution is -0.0629. The van der Waals surface area contributed by atoms with Gasteiger partial charge in [-0.25, -0.2) is 14.2 Å². The molecule has 0 aliphatic carbocycles. The standard InChI is InChI=1S/C29H37ClFN5O4S/c1-16(2)32-24-12-18(11-17(3)33-24)25-34-35-26(41-25)20-13-22(31)23(14-21(20)30)38-10-9-19-15-39-29(7,8)36(19)27(37)40-28(4,5)6/h11-14,16,19H,9-10,15H2,1-8H3,(H,32,33)/t19-/m1/s1. The first kappa shape index (κ1) is 30.9. The van der Waals surface area contributed by atoms with Crippen molar-refractivity contribution in [2.75, 3.05) is 18.5 Å². The van der Waals surface area contributed by atoms with Gasteiger partial charge in [0.15, 0.2) is 11.6 Å². The van der Waals surface area contributed by atoms with Crippen LogP contribution in [0.15, 0.2) is 24.3 Å². The minimum Gasteiger partial charge on any atom is -0.490 e. The molecule has 0 bridgehead atoms. The summed E-state index contributed by atoms with van der Waals surface area (Å²) in [6, 6.07) is 6.53. The van der Waals surface area contributed by atoms with Crippen LogP contribution in [0, 0.1) is 12.7 Å². The second-order valence-electron chi connectivity index (χ2n) is 11.8. The highest BCUT2D eigenvalue weighted by atomic mass is 35.5. The number of nitrogens with one attached hydrogen (secondary N) is 1. The number of hydrogen-bond acceptors (Lipinski definition) is 9. The minimum absolute atomic E-state index is 0.0136. The molecule has 1 aromatic carbocycles. The highest BCUT2D eigenvalue weighted by Crippen LogP contribution is 2.38. The molecule has 12 heteroatoms. The first-order chi connectivity index (χ1) is 19.1. The van der Waals surface area contributed by atoms with Crippen molar-refractivity contribution in [1.29, 1.82) is 0 Å². The quantitative estimate of drug-likeness (QED) is 0.285. The van der Waals surface area contributed by atoms with Crippen LogP contribution in [-0.2, 0) is 9.47 Å². The highest BCUT2D eigenvalue weighted by molar-refractivity contribution is 7.18. The Morgan fingerprint density at radius 2 is 1.95 bits per heavy atom. The Morgan fingerprint density at radius 3 is 2.63 bits per heavy atom. The summed E-state index contributed by atoms with van der Waals surface area (Å²) in [6.07, 6.45) is -0.0467. The van der Waals surface area contributed by atoms with Crippen LogP contribution in [0.3, 0.4) is 0 Å². The zero-order valence-corrected chi connectivity index (χ0v) is 26.2. The Hall–Kier alpha value is -3.02. The molecule has 0 spiro atoms. The number of aryl methyl sites for hydroxylation is 1. The third-order valence-electron chi connectivity index (χ3n) is 6.19. The second kappa shape index (κ2) is 12.1. The van der Waals surface area contributed by atoms with Gasteiger partial charge in [-0.1, -0.05) is 22.9 Å². The number of aromatic nitrogens is 3. The molecule has 0 unspecified atom stereocenters. The Labute approximate surface area is 249 Å². The van der Waals surface area contributed by atoms with Gasteiger partial charge in [-0.3, -0.25) is 4.90 Å². The van der Waals surface area contributed by atoms with Crippen molar-refractivity contribution in [1.82, 2.24) is 20.1 Å². The molecule has 9 nitrogen and oxygen atoms in total. The molecule has 1 fully saturated rings. The second-order valence-corrected chi connectivity index (χ2v) is 13.1. The Kier molecular flexibility index (Phi) is 9.10. The van der Waals surface area contributed by atoms with E-state index in [9.17, 15) is 4.79 Å². The summed E-state index contributed by atoms with van der Waals surface area (Å²) in [5.41, 5.74) is 0.659. The molecular weight excluding hydrogens is 569 g/mol. The van der Waals surface area contributed by atoms with E-state index in [1.807, 2.05) is 67.5 Å². The van der Waals surface area contributed by atoms with Crippen molar-refractivity contribution >= 4 is 34.8 Å². The zero-order valence-electron chi connectivity index (χ0n) is 24.7. The van der Waals surface area contributed by atoms with Gasteiger partial charge < -0.3 is 19.5 Å². The van der Waals surface area contributed by atoms with Crippen LogP contribution in [0.25, 0.3) is 21.1 Å². The van der Waals surface area contributed by atoms with Gasteiger partial charge in [-0.05, 0) is 73.6 Å². The average Bonchev–Trinajstić information content (AvgIpc) is 3.43. The predicted molar refractivity (Wildman–Crippen MR) is 159 cm³/mol. The first-order valence-electron chi connectivity index (χ1n) is 13.5. The fourth-order valence-electron chi connectivity index (χ4n) is 4.49. The molecule has 1 aliphatic heterocycles. The van der Waals surface area contributed by atoms with E-state index in [-0.39, 0.29) is 29.5 Å². The van der Waals surface area contributed by atoms with Crippen molar-refractivity contribution in [2.45, 2.75) is 85.2 Å². The summed E-state index contributed by atoms with van der Waals surface area (Å²) in [4.78, 5) is 18.9. The largest absolute Gasteiger partial charge is 0.490 e. The molecular formula is C29H37ClFN5O4S. The minimum atomic E-state index is -0.828. The average molecular weight is 606 g/mol. The molecule has 1 amide bonds. The number of amides is 1. The van der Waals surface area contributed by atoms with E-state index in [0.717, 1.165) is 17.1 Å². The molecule has 222 valence electrons. The van der Waals surface area contributed by atoms with E-state index in [4.69, 9.17) is 25.8 Å². The van der Waals surface area contributed by atoms with Gasteiger partial charge in [0.2, 0.25) is 0 Å². The predicted octanol–water partition coefficient (Wildman–Crippen LogP) is 7.33. The van der Waals surface area contributed by atoms with Crippen molar-refractivity contribution < 1.29 is 23.4 Å². The molecule has 0 radical (unpaired) electrons. The molecule has 3 aromatic rings. The maximum absolute atomic E-state index is 15.1. The lowest BCUT2D eigenvalue weighted by Gasteiger charge is -2.35. The lowest BCUT2D eigenvalue weighted by Crippen LogP contribution is -2.50.